The molecule has 2 aromatic rings. The van der Waals surface area contributed by atoms with Crippen LogP contribution in [-0.4, -0.2) is 26.6 Å². The lowest BCUT2D eigenvalue weighted by Gasteiger charge is -2.24. The van der Waals surface area contributed by atoms with E-state index in [1.807, 2.05) is 12.1 Å². The highest BCUT2D eigenvalue weighted by molar-refractivity contribution is 5.97. The maximum Gasteiger partial charge on any atom is 0.216 e. The van der Waals surface area contributed by atoms with Gasteiger partial charge in [0, 0.05) is 13.6 Å². The molecule has 1 aromatic carbocycles. The van der Waals surface area contributed by atoms with Gasteiger partial charge in [-0.1, -0.05) is 24.3 Å². The van der Waals surface area contributed by atoms with E-state index in [4.69, 9.17) is 0 Å². The van der Waals surface area contributed by atoms with Crippen LogP contribution < -0.4 is 5.32 Å². The van der Waals surface area contributed by atoms with Crippen LogP contribution >= 0.6 is 0 Å². The number of carbonyl (C=O) groups excluding carboxylic acids is 1. The van der Waals surface area contributed by atoms with Crippen LogP contribution in [0.25, 0.3) is 0 Å². The predicted molar refractivity (Wildman–Crippen MR) is 66.1 cm³/mol. The Morgan fingerprint density at radius 1 is 1.39 bits per heavy atom. The number of Topliss-reactive ketones (excluding diaryl/α,β-unsaturated/α-hetero) is 1. The number of ketones is 1. The number of aryl methyl sites for hydroxylation is 1. The lowest BCUT2D eigenvalue weighted by Crippen LogP contribution is -2.42. The van der Waals surface area contributed by atoms with E-state index in [1.165, 1.54) is 22.1 Å². The number of hydrogen-bond acceptors (Lipinski definition) is 4. The normalized spacial score (nSPS) is 18.4. The molecule has 2 heterocycles. The van der Waals surface area contributed by atoms with Gasteiger partial charge in [0.1, 0.15) is 6.33 Å². The third kappa shape index (κ3) is 1.82. The number of fused-ring (bicyclic) bond motifs is 1. The van der Waals surface area contributed by atoms with E-state index in [9.17, 15) is 4.79 Å². The van der Waals surface area contributed by atoms with Crippen LogP contribution in [0, 0.1) is 0 Å². The second kappa shape index (κ2) is 4.34. The number of benzene rings is 1. The third-order valence-electron chi connectivity index (χ3n) is 3.33. The number of hydrogen-bond donors (Lipinski definition) is 1. The molecule has 5 nitrogen and oxygen atoms in total. The molecule has 0 aliphatic carbocycles. The summed E-state index contributed by atoms with van der Waals surface area (Å²) in [7, 11) is 1.73. The van der Waals surface area contributed by atoms with Crippen molar-refractivity contribution in [2.45, 2.75) is 19.0 Å². The lowest BCUT2D eigenvalue weighted by atomic mass is 9.93. The molecule has 0 fully saturated rings. The fraction of sp³-hybridized carbons (Fsp3) is 0.308. The number of nitrogens with zero attached hydrogens (tertiary/aromatic N) is 3. The Kier molecular flexibility index (Phi) is 2.68. The van der Waals surface area contributed by atoms with Crippen molar-refractivity contribution >= 4 is 5.78 Å². The molecule has 1 aliphatic rings. The number of nitrogens with one attached hydrogen (secondary N) is 1. The van der Waals surface area contributed by atoms with Gasteiger partial charge in [-0.15, -0.1) is 0 Å². The lowest BCUT2D eigenvalue weighted by molar-refractivity contribution is 0.0923. The van der Waals surface area contributed by atoms with Gasteiger partial charge in [-0.25, -0.2) is 9.67 Å². The molecule has 0 saturated carbocycles. The summed E-state index contributed by atoms with van der Waals surface area (Å²) in [6.07, 6.45) is 2.12. The third-order valence-corrected chi connectivity index (χ3v) is 3.33. The van der Waals surface area contributed by atoms with Crippen LogP contribution in [0.1, 0.15) is 21.7 Å². The maximum atomic E-state index is 12.3. The summed E-state index contributed by atoms with van der Waals surface area (Å²) in [5.41, 5.74) is 2.50. The number of carbonyl (C=O) groups is 1. The molecule has 3 rings (SSSR count). The second-order valence-electron chi connectivity index (χ2n) is 4.48. The Balaban J connectivity index is 1.84. The van der Waals surface area contributed by atoms with Gasteiger partial charge >= 0.3 is 0 Å². The first kappa shape index (κ1) is 11.1. The van der Waals surface area contributed by atoms with Gasteiger partial charge < -0.3 is 5.32 Å². The van der Waals surface area contributed by atoms with Gasteiger partial charge in [-0.3, -0.25) is 4.79 Å². The van der Waals surface area contributed by atoms with Crippen LogP contribution in [0.2, 0.25) is 0 Å². The van der Waals surface area contributed by atoms with Crippen molar-refractivity contribution < 1.29 is 4.79 Å². The molecule has 1 aromatic heterocycles. The van der Waals surface area contributed by atoms with Crippen LogP contribution in [0.4, 0.5) is 0 Å². The SMILES string of the molecule is Cn1ncnc1C(=O)C1Cc2ccccc2CN1. The predicted octanol–water partition coefficient (Wildman–Crippen LogP) is 0.712. The van der Waals surface area contributed by atoms with E-state index < -0.39 is 0 Å². The largest absolute Gasteiger partial charge is 0.303 e. The number of rotatable bonds is 2. The van der Waals surface area contributed by atoms with Gasteiger partial charge in [0.25, 0.3) is 0 Å². The summed E-state index contributed by atoms with van der Waals surface area (Å²) in [5, 5.41) is 7.19. The van der Waals surface area contributed by atoms with E-state index in [0.717, 1.165) is 6.54 Å². The average molecular weight is 242 g/mol. The topological polar surface area (TPSA) is 59.8 Å². The molecule has 0 radical (unpaired) electrons. The number of aromatic nitrogens is 3. The molecule has 0 spiro atoms. The standard InChI is InChI=1S/C13H14N4O/c1-17-13(15-8-16-17)12(18)11-6-9-4-2-3-5-10(9)7-14-11/h2-5,8,11,14H,6-7H2,1H3. The van der Waals surface area contributed by atoms with E-state index >= 15 is 0 Å². The second-order valence-corrected chi connectivity index (χ2v) is 4.48. The highest BCUT2D eigenvalue weighted by Gasteiger charge is 2.27. The average Bonchev–Trinajstić information content (AvgIpc) is 2.83. The Labute approximate surface area is 105 Å². The van der Waals surface area contributed by atoms with Crippen molar-refractivity contribution in [1.29, 1.82) is 0 Å². The Hall–Kier alpha value is -2.01. The smallest absolute Gasteiger partial charge is 0.216 e. The molecule has 0 saturated heterocycles. The van der Waals surface area contributed by atoms with Crippen molar-refractivity contribution in [1.82, 2.24) is 20.1 Å². The highest BCUT2D eigenvalue weighted by atomic mass is 16.1. The fourth-order valence-corrected chi connectivity index (χ4v) is 2.31. The first-order valence-electron chi connectivity index (χ1n) is 5.94. The van der Waals surface area contributed by atoms with Crippen molar-refractivity contribution in [3.05, 3.63) is 47.5 Å². The quantitative estimate of drug-likeness (QED) is 0.788. The van der Waals surface area contributed by atoms with Crippen LogP contribution in [-0.2, 0) is 20.0 Å². The van der Waals surface area contributed by atoms with Crippen LogP contribution in [0.5, 0.6) is 0 Å². The first-order chi connectivity index (χ1) is 8.75. The Bertz CT molecular complexity index is 590. The van der Waals surface area contributed by atoms with Gasteiger partial charge in [-0.2, -0.15) is 5.10 Å². The summed E-state index contributed by atoms with van der Waals surface area (Å²) < 4.78 is 1.52. The molecule has 1 atom stereocenters. The molecule has 5 heteroatoms. The van der Waals surface area contributed by atoms with Gasteiger partial charge in [-0.05, 0) is 17.5 Å². The minimum atomic E-state index is -0.206. The zero-order valence-corrected chi connectivity index (χ0v) is 10.1. The highest BCUT2D eigenvalue weighted by Crippen LogP contribution is 2.17. The molecule has 92 valence electrons. The van der Waals surface area contributed by atoms with E-state index in [2.05, 4.69) is 27.5 Å². The zero-order chi connectivity index (χ0) is 12.5. The molecule has 0 amide bonds. The van der Waals surface area contributed by atoms with Crippen molar-refractivity contribution in [3.63, 3.8) is 0 Å². The van der Waals surface area contributed by atoms with Crippen molar-refractivity contribution in [2.75, 3.05) is 0 Å². The molecular weight excluding hydrogens is 228 g/mol. The maximum absolute atomic E-state index is 12.3. The summed E-state index contributed by atoms with van der Waals surface area (Å²) in [6, 6.07) is 7.99. The fourth-order valence-electron chi connectivity index (χ4n) is 2.31. The van der Waals surface area contributed by atoms with E-state index in [0.29, 0.717) is 12.2 Å². The minimum Gasteiger partial charge on any atom is -0.303 e. The molecule has 1 aliphatic heterocycles. The summed E-state index contributed by atoms with van der Waals surface area (Å²) in [4.78, 5) is 16.3. The molecular formula is C13H14N4O. The summed E-state index contributed by atoms with van der Waals surface area (Å²) in [5.74, 6) is 0.413. The summed E-state index contributed by atoms with van der Waals surface area (Å²) in [6.45, 7) is 0.727. The van der Waals surface area contributed by atoms with Gasteiger partial charge in [0.05, 0.1) is 6.04 Å². The van der Waals surface area contributed by atoms with Crippen molar-refractivity contribution in [3.8, 4) is 0 Å². The van der Waals surface area contributed by atoms with Gasteiger partial charge in [0.2, 0.25) is 5.78 Å². The Morgan fingerprint density at radius 2 is 2.17 bits per heavy atom. The minimum absolute atomic E-state index is 0.00417. The van der Waals surface area contributed by atoms with E-state index in [1.54, 1.807) is 7.05 Å². The zero-order valence-electron chi connectivity index (χ0n) is 10.1. The molecule has 1 N–H and O–H groups in total. The van der Waals surface area contributed by atoms with Crippen molar-refractivity contribution in [2.24, 2.45) is 7.05 Å². The molecule has 1 unspecified atom stereocenters. The molecule has 0 bridgehead atoms. The van der Waals surface area contributed by atoms with Crippen LogP contribution in [0.3, 0.4) is 0 Å². The van der Waals surface area contributed by atoms with Crippen LogP contribution in [0.15, 0.2) is 30.6 Å². The molecule has 18 heavy (non-hydrogen) atoms. The monoisotopic (exact) mass is 242 g/mol. The van der Waals surface area contributed by atoms with Gasteiger partial charge in [0.15, 0.2) is 5.82 Å². The summed E-state index contributed by atoms with van der Waals surface area (Å²) >= 11 is 0. The first-order valence-corrected chi connectivity index (χ1v) is 5.94. The van der Waals surface area contributed by atoms with E-state index in [-0.39, 0.29) is 11.8 Å². The Morgan fingerprint density at radius 3 is 2.89 bits per heavy atom.